The summed E-state index contributed by atoms with van der Waals surface area (Å²) in [5.41, 5.74) is -1.21. The van der Waals surface area contributed by atoms with E-state index in [9.17, 15) is 13.5 Å². The van der Waals surface area contributed by atoms with Gasteiger partial charge in [-0.2, -0.15) is 0 Å². The van der Waals surface area contributed by atoms with Crippen LogP contribution in [0.1, 0.15) is 45.1 Å². The fourth-order valence-electron chi connectivity index (χ4n) is 2.82. The minimum Gasteiger partial charge on any atom is -0.366 e. The third-order valence-electron chi connectivity index (χ3n) is 4.33. The molecule has 3 N–H and O–H groups in total. The lowest BCUT2D eigenvalue weighted by Crippen LogP contribution is -2.45. The SMILES string of the molecule is CCCCN=C1SCC(O)(c2cc(S(N)(=O)=O)c(Cl)cc2Cl)N1CCCC. The average Bonchev–Trinajstić information content (AvgIpc) is 2.89. The zero-order chi connectivity index (χ0) is 20.2. The number of aliphatic hydroxyl groups is 1. The molecular weight excluding hydrogens is 429 g/mol. The fourth-order valence-corrected chi connectivity index (χ4v) is 5.51. The van der Waals surface area contributed by atoms with Gasteiger partial charge in [-0.3, -0.25) is 4.99 Å². The number of hydrogen-bond acceptors (Lipinski definition) is 5. The van der Waals surface area contributed by atoms with Gasteiger partial charge >= 0.3 is 0 Å². The molecule has 10 heteroatoms. The first-order chi connectivity index (χ1) is 12.6. The van der Waals surface area contributed by atoms with Crippen LogP contribution in [0.3, 0.4) is 0 Å². The molecule has 152 valence electrons. The van der Waals surface area contributed by atoms with Crippen molar-refractivity contribution in [3.05, 3.63) is 27.7 Å². The molecule has 1 unspecified atom stereocenters. The number of rotatable bonds is 8. The molecule has 2 rings (SSSR count). The number of unbranched alkanes of at least 4 members (excludes halogenated alkanes) is 2. The highest BCUT2D eigenvalue weighted by Crippen LogP contribution is 2.43. The Balaban J connectivity index is 2.52. The van der Waals surface area contributed by atoms with Crippen molar-refractivity contribution in [1.29, 1.82) is 0 Å². The van der Waals surface area contributed by atoms with Crippen LogP contribution in [0, 0.1) is 0 Å². The van der Waals surface area contributed by atoms with Gasteiger partial charge in [-0.15, -0.1) is 0 Å². The van der Waals surface area contributed by atoms with Crippen molar-refractivity contribution in [2.24, 2.45) is 10.1 Å². The monoisotopic (exact) mass is 453 g/mol. The summed E-state index contributed by atoms with van der Waals surface area (Å²) < 4.78 is 23.7. The Hall–Kier alpha value is -0.510. The van der Waals surface area contributed by atoms with Crippen LogP contribution in [0.5, 0.6) is 0 Å². The number of aliphatic imine (C=N–C) groups is 1. The van der Waals surface area contributed by atoms with Crippen LogP contribution in [-0.4, -0.2) is 42.4 Å². The van der Waals surface area contributed by atoms with E-state index in [1.54, 1.807) is 4.90 Å². The predicted molar refractivity (Wildman–Crippen MR) is 113 cm³/mol. The van der Waals surface area contributed by atoms with Crippen molar-refractivity contribution in [2.75, 3.05) is 18.8 Å². The third-order valence-corrected chi connectivity index (χ3v) is 7.18. The van der Waals surface area contributed by atoms with Crippen molar-refractivity contribution in [3.8, 4) is 0 Å². The number of amidine groups is 1. The molecule has 27 heavy (non-hydrogen) atoms. The Bertz CT molecular complexity index is 818. The van der Waals surface area contributed by atoms with Gasteiger partial charge in [0.1, 0.15) is 4.90 Å². The number of hydrogen-bond donors (Lipinski definition) is 2. The van der Waals surface area contributed by atoms with Crippen molar-refractivity contribution in [3.63, 3.8) is 0 Å². The van der Waals surface area contributed by atoms with E-state index in [0.717, 1.165) is 30.9 Å². The third kappa shape index (κ3) is 5.10. The molecule has 1 atom stereocenters. The minimum atomic E-state index is -4.05. The van der Waals surface area contributed by atoms with Gasteiger partial charge in [0.15, 0.2) is 10.9 Å². The predicted octanol–water partition coefficient (Wildman–Crippen LogP) is 3.79. The van der Waals surface area contributed by atoms with Crippen LogP contribution in [-0.2, 0) is 15.7 Å². The summed E-state index contributed by atoms with van der Waals surface area (Å²) in [6, 6.07) is 2.58. The maximum Gasteiger partial charge on any atom is 0.239 e. The van der Waals surface area contributed by atoms with Crippen molar-refractivity contribution in [2.45, 2.75) is 50.2 Å². The lowest BCUT2D eigenvalue weighted by molar-refractivity contribution is -0.0483. The molecule has 0 spiro atoms. The number of benzene rings is 1. The number of sulfonamides is 1. The van der Waals surface area contributed by atoms with Crippen LogP contribution in [0.25, 0.3) is 0 Å². The second-order valence-electron chi connectivity index (χ2n) is 6.44. The highest BCUT2D eigenvalue weighted by Gasteiger charge is 2.46. The Morgan fingerprint density at radius 2 is 1.93 bits per heavy atom. The number of thioether (sulfide) groups is 1. The standard InChI is InChI=1S/C17H25Cl2N3O3S2/c1-3-5-7-21-16-22(8-6-4-2)17(23,11-26-16)12-9-15(27(20,24)25)14(19)10-13(12)18/h9-10,23H,3-8,11H2,1-2H3,(H2,20,24,25). The maximum absolute atomic E-state index is 11.9. The summed E-state index contributed by atoms with van der Waals surface area (Å²) in [6.07, 6.45) is 3.78. The topological polar surface area (TPSA) is 96.0 Å². The molecule has 0 radical (unpaired) electrons. The summed E-state index contributed by atoms with van der Waals surface area (Å²) >= 11 is 13.8. The van der Waals surface area contributed by atoms with E-state index in [-0.39, 0.29) is 26.3 Å². The van der Waals surface area contributed by atoms with Crippen LogP contribution in [0.2, 0.25) is 10.0 Å². The normalized spacial score (nSPS) is 22.0. The summed E-state index contributed by atoms with van der Waals surface area (Å²) in [6.45, 7) is 5.41. The Morgan fingerprint density at radius 1 is 1.26 bits per heavy atom. The Morgan fingerprint density at radius 3 is 2.52 bits per heavy atom. The quantitative estimate of drug-likeness (QED) is 0.583. The van der Waals surface area contributed by atoms with Gasteiger partial charge in [-0.25, -0.2) is 13.6 Å². The van der Waals surface area contributed by atoms with Gasteiger partial charge in [0, 0.05) is 18.7 Å². The van der Waals surface area contributed by atoms with Crippen LogP contribution >= 0.6 is 35.0 Å². The first-order valence-electron chi connectivity index (χ1n) is 8.84. The highest BCUT2D eigenvalue weighted by atomic mass is 35.5. The molecule has 0 amide bonds. The summed E-state index contributed by atoms with van der Waals surface area (Å²) in [7, 11) is -4.05. The van der Waals surface area contributed by atoms with Crippen LogP contribution in [0.15, 0.2) is 22.0 Å². The van der Waals surface area contributed by atoms with Gasteiger partial charge in [0.25, 0.3) is 0 Å². The fraction of sp³-hybridized carbons (Fsp3) is 0.588. The molecule has 6 nitrogen and oxygen atoms in total. The van der Waals surface area contributed by atoms with Crippen molar-refractivity contribution in [1.82, 2.24) is 4.90 Å². The van der Waals surface area contributed by atoms with E-state index < -0.39 is 15.7 Å². The minimum absolute atomic E-state index is 0.0718. The number of halogens is 2. The molecule has 0 bridgehead atoms. The van der Waals surface area contributed by atoms with Crippen LogP contribution in [0.4, 0.5) is 0 Å². The van der Waals surface area contributed by atoms with Crippen molar-refractivity contribution < 1.29 is 13.5 Å². The van der Waals surface area contributed by atoms with Gasteiger partial charge in [0.05, 0.1) is 15.8 Å². The smallest absolute Gasteiger partial charge is 0.239 e. The Labute approximate surface area is 175 Å². The maximum atomic E-state index is 11.9. The van der Waals surface area contributed by atoms with E-state index in [1.807, 2.05) is 0 Å². The largest absolute Gasteiger partial charge is 0.366 e. The molecule has 0 saturated carbocycles. The first-order valence-corrected chi connectivity index (χ1v) is 12.1. The first kappa shape index (κ1) is 22.8. The number of nitrogens with two attached hydrogens (primary N) is 1. The molecule has 0 aliphatic carbocycles. The number of primary sulfonamides is 1. The van der Waals surface area contributed by atoms with Gasteiger partial charge in [-0.05, 0) is 25.0 Å². The van der Waals surface area contributed by atoms with E-state index in [0.29, 0.717) is 13.1 Å². The van der Waals surface area contributed by atoms with E-state index in [2.05, 4.69) is 18.8 Å². The van der Waals surface area contributed by atoms with Gasteiger partial charge in [-0.1, -0.05) is 61.7 Å². The summed E-state index contributed by atoms with van der Waals surface area (Å²) in [4.78, 5) is 6.17. The molecule has 1 aliphatic rings. The zero-order valence-electron chi connectivity index (χ0n) is 15.4. The molecule has 1 saturated heterocycles. The van der Waals surface area contributed by atoms with Gasteiger partial charge < -0.3 is 10.0 Å². The second-order valence-corrected chi connectivity index (χ2v) is 9.72. The second kappa shape index (κ2) is 9.33. The van der Waals surface area contributed by atoms with E-state index in [4.69, 9.17) is 28.3 Å². The van der Waals surface area contributed by atoms with E-state index >= 15 is 0 Å². The van der Waals surface area contributed by atoms with Crippen molar-refractivity contribution >= 4 is 50.2 Å². The molecule has 1 aliphatic heterocycles. The molecule has 1 aromatic carbocycles. The molecule has 1 aromatic rings. The van der Waals surface area contributed by atoms with Gasteiger partial charge in [0.2, 0.25) is 10.0 Å². The summed E-state index contributed by atoms with van der Waals surface area (Å²) in [5, 5.41) is 17.6. The zero-order valence-corrected chi connectivity index (χ0v) is 18.6. The van der Waals surface area contributed by atoms with Crippen LogP contribution < -0.4 is 5.14 Å². The molecule has 1 fully saturated rings. The Kier molecular flexibility index (Phi) is 7.87. The van der Waals surface area contributed by atoms with E-state index in [1.165, 1.54) is 23.9 Å². The average molecular weight is 454 g/mol. The number of nitrogens with zero attached hydrogens (tertiary/aromatic N) is 2. The summed E-state index contributed by atoms with van der Waals surface area (Å²) in [5.74, 6) is 0.285. The molecular formula is C17H25Cl2N3O3S2. The molecule has 1 heterocycles. The lowest BCUT2D eigenvalue weighted by Gasteiger charge is -2.35. The molecule has 0 aromatic heterocycles. The lowest BCUT2D eigenvalue weighted by atomic mass is 10.0. The highest BCUT2D eigenvalue weighted by molar-refractivity contribution is 8.14.